The molecule has 3 aromatic rings. The zero-order chi connectivity index (χ0) is 16.2. The van der Waals surface area contributed by atoms with Crippen LogP contribution in [-0.4, -0.2) is 21.1 Å². The van der Waals surface area contributed by atoms with Gasteiger partial charge in [-0.05, 0) is 25.0 Å². The van der Waals surface area contributed by atoms with Gasteiger partial charge in [0.2, 0.25) is 5.13 Å². The largest absolute Gasteiger partial charge is 0.462 e. The van der Waals surface area contributed by atoms with E-state index in [1.807, 2.05) is 6.07 Å². The molecule has 1 N–H and O–H groups in total. The van der Waals surface area contributed by atoms with Crippen molar-refractivity contribution < 1.29 is 9.21 Å². The molecule has 3 aromatic heterocycles. The first-order chi connectivity index (χ1) is 11.2. The molecule has 0 aromatic carbocycles. The molecule has 0 radical (unpaired) electrons. The number of nitrogens with zero attached hydrogens (tertiary/aromatic N) is 3. The van der Waals surface area contributed by atoms with Gasteiger partial charge in [0, 0.05) is 11.3 Å². The van der Waals surface area contributed by atoms with Crippen molar-refractivity contribution in [2.45, 2.75) is 32.6 Å². The van der Waals surface area contributed by atoms with Crippen LogP contribution in [0.4, 0.5) is 5.13 Å². The van der Waals surface area contributed by atoms with E-state index < -0.39 is 0 Å². The predicted octanol–water partition coefficient (Wildman–Crippen LogP) is 4.41. The average Bonchev–Trinajstić information content (AvgIpc) is 3.29. The Morgan fingerprint density at radius 1 is 1.35 bits per heavy atom. The van der Waals surface area contributed by atoms with Crippen molar-refractivity contribution in [3.8, 4) is 10.8 Å². The lowest BCUT2D eigenvalue weighted by Gasteiger charge is -2.05. The molecule has 0 unspecified atom stereocenters. The number of carbonyl (C=O) groups excluding carboxylic acids is 1. The molecule has 1 amide bonds. The van der Waals surface area contributed by atoms with Gasteiger partial charge in [-0.1, -0.05) is 25.2 Å². The molecular weight excluding hydrogens is 332 g/mol. The summed E-state index contributed by atoms with van der Waals surface area (Å²) in [6, 6.07) is 3.60. The highest BCUT2D eigenvalue weighted by Crippen LogP contribution is 2.29. The molecule has 0 atom stereocenters. The third kappa shape index (κ3) is 3.48. The van der Waals surface area contributed by atoms with E-state index in [2.05, 4.69) is 34.3 Å². The fraction of sp³-hybridized carbons (Fsp3) is 0.333. The van der Waals surface area contributed by atoms with Gasteiger partial charge in [-0.15, -0.1) is 21.5 Å². The fourth-order valence-corrected chi connectivity index (χ4v) is 3.91. The second-order valence-corrected chi connectivity index (χ2v) is 6.80. The van der Waals surface area contributed by atoms with Crippen LogP contribution in [0.5, 0.6) is 0 Å². The Hall–Kier alpha value is -2.06. The van der Waals surface area contributed by atoms with Crippen molar-refractivity contribution in [3.05, 3.63) is 34.5 Å². The SMILES string of the molecule is CCC(CC)c1nnc(NC(=O)c2csc(-c3ccco3)n2)s1. The van der Waals surface area contributed by atoms with Crippen molar-refractivity contribution in [2.24, 2.45) is 0 Å². The zero-order valence-electron chi connectivity index (χ0n) is 12.8. The number of hydrogen-bond acceptors (Lipinski definition) is 7. The molecule has 3 heterocycles. The Balaban J connectivity index is 1.70. The number of anilines is 1. The lowest BCUT2D eigenvalue weighted by atomic mass is 10.1. The molecule has 0 aliphatic carbocycles. The second kappa shape index (κ2) is 7.01. The third-order valence-corrected chi connectivity index (χ3v) is 5.32. The predicted molar refractivity (Wildman–Crippen MR) is 91.0 cm³/mol. The van der Waals surface area contributed by atoms with Gasteiger partial charge in [0.25, 0.3) is 5.91 Å². The van der Waals surface area contributed by atoms with Gasteiger partial charge in [0.15, 0.2) is 10.8 Å². The van der Waals surface area contributed by atoms with Crippen LogP contribution < -0.4 is 5.32 Å². The number of aromatic nitrogens is 3. The highest BCUT2D eigenvalue weighted by Gasteiger charge is 2.17. The van der Waals surface area contributed by atoms with E-state index in [4.69, 9.17) is 4.42 Å². The Morgan fingerprint density at radius 2 is 2.17 bits per heavy atom. The normalized spacial score (nSPS) is 11.1. The molecule has 6 nitrogen and oxygen atoms in total. The van der Waals surface area contributed by atoms with Crippen LogP contribution in [0.15, 0.2) is 28.2 Å². The topological polar surface area (TPSA) is 80.9 Å². The number of amides is 1. The van der Waals surface area contributed by atoms with Crippen LogP contribution >= 0.6 is 22.7 Å². The third-order valence-electron chi connectivity index (χ3n) is 3.46. The maximum Gasteiger partial charge on any atom is 0.276 e. The number of thiazole rings is 1. The highest BCUT2D eigenvalue weighted by molar-refractivity contribution is 7.15. The molecule has 0 aliphatic heterocycles. The summed E-state index contributed by atoms with van der Waals surface area (Å²) in [5.41, 5.74) is 0.348. The number of nitrogens with one attached hydrogen (secondary N) is 1. The minimum Gasteiger partial charge on any atom is -0.462 e. The van der Waals surface area contributed by atoms with Gasteiger partial charge in [0.05, 0.1) is 6.26 Å². The quantitative estimate of drug-likeness (QED) is 0.713. The smallest absolute Gasteiger partial charge is 0.276 e. The first-order valence-corrected chi connectivity index (χ1v) is 9.05. The van der Waals surface area contributed by atoms with Gasteiger partial charge in [-0.2, -0.15) is 0 Å². The van der Waals surface area contributed by atoms with Crippen LogP contribution in [0, 0.1) is 0 Å². The summed E-state index contributed by atoms with van der Waals surface area (Å²) in [4.78, 5) is 16.5. The monoisotopic (exact) mass is 348 g/mol. The maximum absolute atomic E-state index is 12.3. The minimum atomic E-state index is -0.286. The van der Waals surface area contributed by atoms with Gasteiger partial charge in [0.1, 0.15) is 10.7 Å². The Bertz CT molecular complexity index is 775. The number of rotatable bonds is 6. The van der Waals surface area contributed by atoms with Crippen molar-refractivity contribution in [1.29, 1.82) is 0 Å². The molecule has 0 bridgehead atoms. The van der Waals surface area contributed by atoms with Crippen LogP contribution in [0.2, 0.25) is 0 Å². The van der Waals surface area contributed by atoms with E-state index >= 15 is 0 Å². The molecule has 3 rings (SSSR count). The van der Waals surface area contributed by atoms with E-state index in [9.17, 15) is 4.79 Å². The fourth-order valence-electron chi connectivity index (χ4n) is 2.14. The van der Waals surface area contributed by atoms with E-state index in [1.54, 1.807) is 17.7 Å². The lowest BCUT2D eigenvalue weighted by molar-refractivity contribution is 0.102. The standard InChI is InChI=1S/C15H16N4O2S2/c1-3-9(4-2)13-18-19-15(23-13)17-12(20)10-8-22-14(16-10)11-6-5-7-21-11/h5-9H,3-4H2,1-2H3,(H,17,19,20). The number of carbonyl (C=O) groups is 1. The molecule has 0 aliphatic rings. The zero-order valence-corrected chi connectivity index (χ0v) is 14.4. The molecule has 0 spiro atoms. The summed E-state index contributed by atoms with van der Waals surface area (Å²) >= 11 is 2.79. The first kappa shape index (κ1) is 15.8. The van der Waals surface area contributed by atoms with Crippen LogP contribution in [0.3, 0.4) is 0 Å². The van der Waals surface area contributed by atoms with E-state index in [1.165, 1.54) is 22.7 Å². The molecule has 0 saturated carbocycles. The summed E-state index contributed by atoms with van der Waals surface area (Å²) < 4.78 is 5.28. The number of hydrogen-bond donors (Lipinski definition) is 1. The molecule has 0 fully saturated rings. The highest BCUT2D eigenvalue weighted by atomic mass is 32.1. The Kier molecular flexibility index (Phi) is 4.82. The molecule has 0 saturated heterocycles. The van der Waals surface area contributed by atoms with Gasteiger partial charge < -0.3 is 4.42 Å². The van der Waals surface area contributed by atoms with Crippen molar-refractivity contribution in [2.75, 3.05) is 5.32 Å². The molecular formula is C15H16N4O2S2. The second-order valence-electron chi connectivity index (χ2n) is 4.93. The summed E-state index contributed by atoms with van der Waals surface area (Å²) in [6.07, 6.45) is 3.60. The van der Waals surface area contributed by atoms with Crippen molar-refractivity contribution in [3.63, 3.8) is 0 Å². The Labute approximate surface area is 141 Å². The summed E-state index contributed by atoms with van der Waals surface area (Å²) in [6.45, 7) is 4.25. The van der Waals surface area contributed by atoms with Gasteiger partial charge in [-0.25, -0.2) is 4.98 Å². The van der Waals surface area contributed by atoms with Gasteiger partial charge >= 0.3 is 0 Å². The summed E-state index contributed by atoms with van der Waals surface area (Å²) in [5, 5.41) is 14.8. The maximum atomic E-state index is 12.3. The minimum absolute atomic E-state index is 0.286. The lowest BCUT2D eigenvalue weighted by Crippen LogP contribution is -2.12. The van der Waals surface area contributed by atoms with E-state index in [-0.39, 0.29) is 5.91 Å². The van der Waals surface area contributed by atoms with Crippen LogP contribution in [0.1, 0.15) is 48.1 Å². The van der Waals surface area contributed by atoms with Crippen LogP contribution in [0.25, 0.3) is 10.8 Å². The summed E-state index contributed by atoms with van der Waals surface area (Å²) in [7, 11) is 0. The summed E-state index contributed by atoms with van der Waals surface area (Å²) in [5.74, 6) is 0.760. The first-order valence-electron chi connectivity index (χ1n) is 7.35. The van der Waals surface area contributed by atoms with E-state index in [0.29, 0.717) is 27.5 Å². The van der Waals surface area contributed by atoms with Crippen molar-refractivity contribution in [1.82, 2.24) is 15.2 Å². The molecule has 120 valence electrons. The Morgan fingerprint density at radius 3 is 2.87 bits per heavy atom. The molecule has 8 heteroatoms. The average molecular weight is 348 g/mol. The molecule has 23 heavy (non-hydrogen) atoms. The van der Waals surface area contributed by atoms with Crippen molar-refractivity contribution >= 4 is 33.7 Å². The number of furan rings is 1. The van der Waals surface area contributed by atoms with E-state index in [0.717, 1.165) is 17.8 Å². The van der Waals surface area contributed by atoms with Gasteiger partial charge in [-0.3, -0.25) is 10.1 Å². The van der Waals surface area contributed by atoms with Crippen LogP contribution in [-0.2, 0) is 0 Å².